The predicted molar refractivity (Wildman–Crippen MR) is 78.7 cm³/mol. The Morgan fingerprint density at radius 1 is 1.28 bits per heavy atom. The Labute approximate surface area is 116 Å². The van der Waals surface area contributed by atoms with Gasteiger partial charge in [-0.1, -0.05) is 6.07 Å². The highest BCUT2D eigenvalue weighted by Gasteiger charge is 2.22. The van der Waals surface area contributed by atoms with Crippen LogP contribution in [0.2, 0.25) is 0 Å². The third-order valence-corrected chi connectivity index (χ3v) is 3.56. The van der Waals surface area contributed by atoms with E-state index < -0.39 is 0 Å². The van der Waals surface area contributed by atoms with Crippen LogP contribution in [0, 0.1) is 19.8 Å². The number of hydrogen-bond acceptors (Lipinski definition) is 2. The molecule has 1 saturated carbocycles. The molecule has 0 bridgehead atoms. The first-order valence-corrected chi connectivity index (χ1v) is 6.55. The lowest BCUT2D eigenvalue weighted by Gasteiger charge is -2.15. The lowest BCUT2D eigenvalue weighted by atomic mass is 9.98. The molecule has 2 nitrogen and oxygen atoms in total. The monoisotopic (exact) mass is 269 g/mol. The molecule has 18 heavy (non-hydrogen) atoms. The Kier molecular flexibility index (Phi) is 5.48. The molecule has 2 rings (SSSR count). The van der Waals surface area contributed by atoms with Gasteiger partial charge in [0.2, 0.25) is 0 Å². The molecule has 1 aromatic rings. The van der Waals surface area contributed by atoms with E-state index in [0.717, 1.165) is 24.7 Å². The van der Waals surface area contributed by atoms with Gasteiger partial charge in [0.05, 0.1) is 6.61 Å². The number of ether oxygens (including phenoxy) is 1. The van der Waals surface area contributed by atoms with Gasteiger partial charge in [0, 0.05) is 6.04 Å². The van der Waals surface area contributed by atoms with E-state index in [1.165, 1.54) is 29.5 Å². The molecule has 0 saturated heterocycles. The second-order valence-corrected chi connectivity index (χ2v) is 5.41. The summed E-state index contributed by atoms with van der Waals surface area (Å²) in [4.78, 5) is 0. The zero-order valence-corrected chi connectivity index (χ0v) is 12.3. The quantitative estimate of drug-likeness (QED) is 0.889. The average Bonchev–Trinajstić information content (AvgIpc) is 3.07. The molecule has 3 heteroatoms. The van der Waals surface area contributed by atoms with E-state index in [4.69, 9.17) is 10.5 Å². The van der Waals surface area contributed by atoms with Gasteiger partial charge in [0.15, 0.2) is 0 Å². The summed E-state index contributed by atoms with van der Waals surface area (Å²) < 4.78 is 5.87. The van der Waals surface area contributed by atoms with Gasteiger partial charge < -0.3 is 10.5 Å². The average molecular weight is 270 g/mol. The lowest BCUT2D eigenvalue weighted by molar-refractivity contribution is 0.297. The molecule has 1 unspecified atom stereocenters. The first-order chi connectivity index (χ1) is 8.08. The van der Waals surface area contributed by atoms with Crippen LogP contribution in [0.4, 0.5) is 0 Å². The highest BCUT2D eigenvalue weighted by atomic mass is 35.5. The fourth-order valence-electron chi connectivity index (χ4n) is 2.07. The Hall–Kier alpha value is -0.730. The maximum atomic E-state index is 5.87. The van der Waals surface area contributed by atoms with Gasteiger partial charge >= 0.3 is 0 Å². The molecule has 0 heterocycles. The third-order valence-electron chi connectivity index (χ3n) is 3.56. The molecular weight excluding hydrogens is 246 g/mol. The van der Waals surface area contributed by atoms with E-state index in [1.54, 1.807) is 0 Å². The van der Waals surface area contributed by atoms with E-state index in [-0.39, 0.29) is 18.4 Å². The summed E-state index contributed by atoms with van der Waals surface area (Å²) >= 11 is 0. The van der Waals surface area contributed by atoms with Gasteiger partial charge in [-0.3, -0.25) is 0 Å². The second-order valence-electron chi connectivity index (χ2n) is 5.41. The van der Waals surface area contributed by atoms with Gasteiger partial charge in [0.25, 0.3) is 0 Å². The molecule has 1 aromatic carbocycles. The third kappa shape index (κ3) is 3.89. The topological polar surface area (TPSA) is 35.2 Å². The summed E-state index contributed by atoms with van der Waals surface area (Å²) in [6, 6.07) is 4.47. The number of hydrogen-bond donors (Lipinski definition) is 1. The number of nitrogens with two attached hydrogens (primary N) is 1. The number of rotatable bonds is 5. The van der Waals surface area contributed by atoms with Gasteiger partial charge in [-0.05, 0) is 68.7 Å². The second kappa shape index (κ2) is 6.44. The molecule has 1 aliphatic rings. The van der Waals surface area contributed by atoms with Crippen LogP contribution in [0.3, 0.4) is 0 Å². The number of benzene rings is 1. The van der Waals surface area contributed by atoms with Crippen molar-refractivity contribution < 1.29 is 4.74 Å². The van der Waals surface area contributed by atoms with E-state index in [1.807, 2.05) is 6.92 Å². The van der Waals surface area contributed by atoms with Crippen molar-refractivity contribution in [1.29, 1.82) is 0 Å². The molecule has 0 amide bonds. The SMILES string of the molecule is Cc1c(CC(C)N)ccc(OCC2CC2)c1C.Cl. The summed E-state index contributed by atoms with van der Waals surface area (Å²) in [6.07, 6.45) is 3.61. The van der Waals surface area contributed by atoms with E-state index in [0.29, 0.717) is 0 Å². The Balaban J connectivity index is 0.00000162. The lowest BCUT2D eigenvalue weighted by Crippen LogP contribution is -2.18. The first-order valence-electron chi connectivity index (χ1n) is 6.55. The minimum absolute atomic E-state index is 0. The molecule has 1 atom stereocenters. The molecule has 1 fully saturated rings. The van der Waals surface area contributed by atoms with Crippen LogP contribution in [0.1, 0.15) is 36.5 Å². The zero-order valence-electron chi connectivity index (χ0n) is 11.5. The van der Waals surface area contributed by atoms with Gasteiger partial charge in [0.1, 0.15) is 5.75 Å². The van der Waals surface area contributed by atoms with E-state index in [2.05, 4.69) is 26.0 Å². The molecular formula is C15H24ClNO. The van der Waals surface area contributed by atoms with Crippen LogP contribution in [-0.2, 0) is 6.42 Å². The predicted octanol–water partition coefficient (Wildman–Crippen LogP) is 3.40. The largest absolute Gasteiger partial charge is 0.493 e. The van der Waals surface area contributed by atoms with Crippen LogP contribution >= 0.6 is 12.4 Å². The van der Waals surface area contributed by atoms with Crippen molar-refractivity contribution in [2.45, 2.75) is 46.1 Å². The molecule has 102 valence electrons. The van der Waals surface area contributed by atoms with Gasteiger partial charge in [-0.2, -0.15) is 0 Å². The summed E-state index contributed by atoms with van der Waals surface area (Å²) in [5, 5.41) is 0. The molecule has 2 N–H and O–H groups in total. The molecule has 0 aliphatic heterocycles. The highest BCUT2D eigenvalue weighted by molar-refractivity contribution is 5.85. The summed E-state index contributed by atoms with van der Waals surface area (Å²) in [5.74, 6) is 1.85. The van der Waals surface area contributed by atoms with Crippen molar-refractivity contribution in [2.24, 2.45) is 11.7 Å². The smallest absolute Gasteiger partial charge is 0.122 e. The minimum Gasteiger partial charge on any atom is -0.493 e. The summed E-state index contributed by atoms with van der Waals surface area (Å²) in [6.45, 7) is 7.23. The van der Waals surface area contributed by atoms with Crippen molar-refractivity contribution in [3.8, 4) is 5.75 Å². The van der Waals surface area contributed by atoms with E-state index in [9.17, 15) is 0 Å². The summed E-state index contributed by atoms with van der Waals surface area (Å²) in [7, 11) is 0. The normalized spacial score (nSPS) is 16.0. The highest BCUT2D eigenvalue weighted by Crippen LogP contribution is 2.31. The molecule has 0 aromatic heterocycles. The zero-order chi connectivity index (χ0) is 12.4. The molecule has 0 spiro atoms. The summed E-state index contributed by atoms with van der Waals surface area (Å²) in [5.41, 5.74) is 9.80. The van der Waals surface area contributed by atoms with Crippen molar-refractivity contribution in [3.05, 3.63) is 28.8 Å². The molecule has 1 aliphatic carbocycles. The maximum Gasteiger partial charge on any atom is 0.122 e. The molecule has 0 radical (unpaired) electrons. The van der Waals surface area contributed by atoms with Crippen molar-refractivity contribution >= 4 is 12.4 Å². The number of halogens is 1. The van der Waals surface area contributed by atoms with Crippen LogP contribution in [0.15, 0.2) is 12.1 Å². The van der Waals surface area contributed by atoms with Gasteiger partial charge in [-0.25, -0.2) is 0 Å². The Morgan fingerprint density at radius 2 is 1.94 bits per heavy atom. The standard InChI is InChI=1S/C15H23NO.ClH/c1-10(16)8-14-6-7-15(12(3)11(14)2)17-9-13-4-5-13;/h6-7,10,13H,4-5,8-9,16H2,1-3H3;1H. The van der Waals surface area contributed by atoms with Crippen LogP contribution in [-0.4, -0.2) is 12.6 Å². The Morgan fingerprint density at radius 3 is 2.50 bits per heavy atom. The van der Waals surface area contributed by atoms with Crippen molar-refractivity contribution in [2.75, 3.05) is 6.61 Å². The van der Waals surface area contributed by atoms with Crippen molar-refractivity contribution in [3.63, 3.8) is 0 Å². The van der Waals surface area contributed by atoms with Crippen LogP contribution in [0.5, 0.6) is 5.75 Å². The fraction of sp³-hybridized carbons (Fsp3) is 0.600. The van der Waals surface area contributed by atoms with E-state index >= 15 is 0 Å². The van der Waals surface area contributed by atoms with Gasteiger partial charge in [-0.15, -0.1) is 12.4 Å². The van der Waals surface area contributed by atoms with Crippen LogP contribution < -0.4 is 10.5 Å². The fourth-order valence-corrected chi connectivity index (χ4v) is 2.07. The Bertz CT molecular complexity index is 400. The minimum atomic E-state index is 0. The van der Waals surface area contributed by atoms with Crippen molar-refractivity contribution in [1.82, 2.24) is 0 Å². The maximum absolute atomic E-state index is 5.87. The van der Waals surface area contributed by atoms with Crippen LogP contribution in [0.25, 0.3) is 0 Å². The first kappa shape index (κ1) is 15.3.